The number of amides is 1. The lowest BCUT2D eigenvalue weighted by atomic mass is 10.1. The number of likely N-dealkylation sites (tertiary alicyclic amines) is 1. The molecule has 2 N–H and O–H groups in total. The number of piperidine rings is 1. The summed E-state index contributed by atoms with van der Waals surface area (Å²) in [6.45, 7) is 1.63. The highest BCUT2D eigenvalue weighted by Crippen LogP contribution is 2.37. The van der Waals surface area contributed by atoms with Crippen LogP contribution in [0.2, 0.25) is 0 Å². The van der Waals surface area contributed by atoms with Crippen LogP contribution in [0.15, 0.2) is 0 Å². The van der Waals surface area contributed by atoms with Gasteiger partial charge in [0.1, 0.15) is 0 Å². The fourth-order valence-corrected chi connectivity index (χ4v) is 2.98. The first kappa shape index (κ1) is 11.9. The van der Waals surface area contributed by atoms with Gasteiger partial charge in [-0.2, -0.15) is 0 Å². The van der Waals surface area contributed by atoms with Gasteiger partial charge >= 0.3 is 0 Å². The number of carbonyl (C=O) groups is 1. The minimum atomic E-state index is -0.325. The Morgan fingerprint density at radius 2 is 2.38 bits per heavy atom. The number of rotatable bonds is 5. The van der Waals surface area contributed by atoms with Crippen LogP contribution in [0.5, 0.6) is 0 Å². The molecule has 0 aromatic heterocycles. The molecule has 4 nitrogen and oxygen atoms in total. The van der Waals surface area contributed by atoms with Crippen LogP contribution in [0.3, 0.4) is 0 Å². The number of hydrogen-bond donors (Lipinski definition) is 1. The summed E-state index contributed by atoms with van der Waals surface area (Å²) in [6, 6.07) is 0.167. The number of methoxy groups -OCH3 is 1. The molecule has 1 saturated carbocycles. The van der Waals surface area contributed by atoms with Crippen LogP contribution in [0, 0.1) is 5.92 Å². The zero-order chi connectivity index (χ0) is 11.5. The SMILES string of the molecule is COCCCC(N)C(=O)N1CC2CCC1C2. The minimum Gasteiger partial charge on any atom is -0.385 e. The zero-order valence-corrected chi connectivity index (χ0v) is 10.0. The predicted octanol–water partition coefficient (Wildman–Crippen LogP) is 0.751. The highest BCUT2D eigenvalue weighted by molar-refractivity contribution is 5.82. The Labute approximate surface area is 97.1 Å². The molecular formula is C12H22N2O2. The summed E-state index contributed by atoms with van der Waals surface area (Å²) in [5, 5.41) is 0. The molecule has 1 heterocycles. The highest BCUT2D eigenvalue weighted by atomic mass is 16.5. The molecule has 4 heteroatoms. The van der Waals surface area contributed by atoms with Crippen LogP contribution in [0.4, 0.5) is 0 Å². The summed E-state index contributed by atoms with van der Waals surface area (Å²) < 4.78 is 4.97. The quantitative estimate of drug-likeness (QED) is 0.704. The second kappa shape index (κ2) is 5.15. The molecule has 1 aliphatic heterocycles. The van der Waals surface area contributed by atoms with Crippen molar-refractivity contribution >= 4 is 5.91 Å². The summed E-state index contributed by atoms with van der Waals surface area (Å²) in [5.74, 6) is 0.906. The van der Waals surface area contributed by atoms with Crippen molar-refractivity contribution in [3.8, 4) is 0 Å². The van der Waals surface area contributed by atoms with Crippen molar-refractivity contribution in [3.05, 3.63) is 0 Å². The maximum atomic E-state index is 12.1. The van der Waals surface area contributed by atoms with Crippen LogP contribution in [-0.2, 0) is 9.53 Å². The Morgan fingerprint density at radius 1 is 1.56 bits per heavy atom. The van der Waals surface area contributed by atoms with Gasteiger partial charge in [0.2, 0.25) is 5.91 Å². The fourth-order valence-electron chi connectivity index (χ4n) is 2.98. The van der Waals surface area contributed by atoms with Gasteiger partial charge in [-0.25, -0.2) is 0 Å². The molecule has 0 aromatic carbocycles. The van der Waals surface area contributed by atoms with Crippen molar-refractivity contribution in [1.29, 1.82) is 0 Å². The maximum Gasteiger partial charge on any atom is 0.239 e. The predicted molar refractivity (Wildman–Crippen MR) is 61.9 cm³/mol. The molecule has 2 bridgehead atoms. The number of fused-ring (bicyclic) bond motifs is 2. The first-order valence-corrected chi connectivity index (χ1v) is 6.27. The van der Waals surface area contributed by atoms with Crippen LogP contribution in [-0.4, -0.2) is 43.2 Å². The topological polar surface area (TPSA) is 55.6 Å². The number of nitrogens with zero attached hydrogens (tertiary/aromatic N) is 1. The van der Waals surface area contributed by atoms with E-state index in [1.54, 1.807) is 7.11 Å². The monoisotopic (exact) mass is 226 g/mol. The second-order valence-corrected chi connectivity index (χ2v) is 5.07. The van der Waals surface area contributed by atoms with Gasteiger partial charge in [0.15, 0.2) is 0 Å². The lowest BCUT2D eigenvalue weighted by Crippen LogP contribution is -2.47. The van der Waals surface area contributed by atoms with Gasteiger partial charge in [0.05, 0.1) is 6.04 Å². The van der Waals surface area contributed by atoms with Gasteiger partial charge in [-0.3, -0.25) is 4.79 Å². The molecule has 0 aromatic rings. The Kier molecular flexibility index (Phi) is 3.82. The molecule has 1 saturated heterocycles. The summed E-state index contributed by atoms with van der Waals surface area (Å²) in [4.78, 5) is 14.1. The van der Waals surface area contributed by atoms with E-state index in [-0.39, 0.29) is 11.9 Å². The van der Waals surface area contributed by atoms with Crippen molar-refractivity contribution in [2.24, 2.45) is 11.7 Å². The standard InChI is InChI=1S/C12H22N2O2/c1-16-6-2-3-11(13)12(15)14-8-9-4-5-10(14)7-9/h9-11H,2-8,13H2,1H3. The molecule has 92 valence electrons. The number of nitrogens with two attached hydrogens (primary N) is 1. The minimum absolute atomic E-state index is 0.156. The number of hydrogen-bond acceptors (Lipinski definition) is 3. The maximum absolute atomic E-state index is 12.1. The van der Waals surface area contributed by atoms with Gasteiger partial charge in [0, 0.05) is 26.3 Å². The molecule has 1 amide bonds. The lowest BCUT2D eigenvalue weighted by molar-refractivity contribution is -0.134. The highest BCUT2D eigenvalue weighted by Gasteiger charge is 2.41. The third-order valence-corrected chi connectivity index (χ3v) is 3.87. The second-order valence-electron chi connectivity index (χ2n) is 5.07. The summed E-state index contributed by atoms with van der Waals surface area (Å²) >= 11 is 0. The normalized spacial score (nSPS) is 29.8. The molecule has 2 fully saturated rings. The first-order valence-electron chi connectivity index (χ1n) is 6.27. The molecule has 3 unspecified atom stereocenters. The van der Waals surface area contributed by atoms with Gasteiger partial charge in [-0.1, -0.05) is 0 Å². The lowest BCUT2D eigenvalue weighted by Gasteiger charge is -2.29. The molecule has 2 aliphatic rings. The molecule has 16 heavy (non-hydrogen) atoms. The van der Waals surface area contributed by atoms with Crippen molar-refractivity contribution < 1.29 is 9.53 Å². The molecule has 0 spiro atoms. The average Bonchev–Trinajstić information content (AvgIpc) is 2.90. The van der Waals surface area contributed by atoms with Crippen LogP contribution in [0.25, 0.3) is 0 Å². The van der Waals surface area contributed by atoms with Crippen molar-refractivity contribution in [2.45, 2.75) is 44.2 Å². The fraction of sp³-hybridized carbons (Fsp3) is 0.917. The molecule has 3 atom stereocenters. The number of carbonyl (C=O) groups excluding carboxylic acids is 1. The van der Waals surface area contributed by atoms with E-state index < -0.39 is 0 Å². The smallest absolute Gasteiger partial charge is 0.239 e. The van der Waals surface area contributed by atoms with E-state index in [1.807, 2.05) is 4.90 Å². The van der Waals surface area contributed by atoms with Crippen molar-refractivity contribution in [1.82, 2.24) is 4.90 Å². The average molecular weight is 226 g/mol. The third-order valence-electron chi connectivity index (χ3n) is 3.87. The summed E-state index contributed by atoms with van der Waals surface area (Å²) in [5.41, 5.74) is 5.92. The summed E-state index contributed by atoms with van der Waals surface area (Å²) in [7, 11) is 1.67. The Bertz CT molecular complexity index is 257. The van der Waals surface area contributed by atoms with E-state index in [9.17, 15) is 4.79 Å². The van der Waals surface area contributed by atoms with E-state index in [4.69, 9.17) is 10.5 Å². The molecule has 1 aliphatic carbocycles. The number of ether oxygens (including phenoxy) is 1. The van der Waals surface area contributed by atoms with Crippen LogP contribution in [0.1, 0.15) is 32.1 Å². The van der Waals surface area contributed by atoms with Crippen molar-refractivity contribution in [2.75, 3.05) is 20.3 Å². The van der Waals surface area contributed by atoms with E-state index in [0.29, 0.717) is 12.6 Å². The molecule has 2 rings (SSSR count). The molecular weight excluding hydrogens is 204 g/mol. The van der Waals surface area contributed by atoms with E-state index in [2.05, 4.69) is 0 Å². The Hall–Kier alpha value is -0.610. The largest absolute Gasteiger partial charge is 0.385 e. The van der Waals surface area contributed by atoms with Gasteiger partial charge < -0.3 is 15.4 Å². The first-order chi connectivity index (χ1) is 7.72. The summed E-state index contributed by atoms with van der Waals surface area (Å²) in [6.07, 6.45) is 5.29. The Balaban J connectivity index is 1.78. The van der Waals surface area contributed by atoms with Gasteiger partial charge in [0.25, 0.3) is 0 Å². The van der Waals surface area contributed by atoms with Crippen LogP contribution < -0.4 is 5.73 Å². The molecule has 0 radical (unpaired) electrons. The van der Waals surface area contributed by atoms with Gasteiger partial charge in [-0.15, -0.1) is 0 Å². The van der Waals surface area contributed by atoms with Crippen molar-refractivity contribution in [3.63, 3.8) is 0 Å². The third kappa shape index (κ3) is 2.38. The van der Waals surface area contributed by atoms with Gasteiger partial charge in [-0.05, 0) is 38.0 Å². The van der Waals surface area contributed by atoms with E-state index in [1.165, 1.54) is 19.3 Å². The van der Waals surface area contributed by atoms with Crippen LogP contribution >= 0.6 is 0 Å². The van der Waals surface area contributed by atoms with E-state index in [0.717, 1.165) is 25.3 Å². The Morgan fingerprint density at radius 3 is 2.94 bits per heavy atom. The van der Waals surface area contributed by atoms with E-state index >= 15 is 0 Å². The zero-order valence-electron chi connectivity index (χ0n) is 10.0.